The van der Waals surface area contributed by atoms with Gasteiger partial charge in [0, 0.05) is 33.7 Å². The Hall–Kier alpha value is -1.75. The summed E-state index contributed by atoms with van der Waals surface area (Å²) >= 11 is 0. The van der Waals surface area contributed by atoms with E-state index in [1.54, 1.807) is 6.07 Å². The second-order valence-electron chi connectivity index (χ2n) is 4.99. The molecule has 0 radical (unpaired) electrons. The molecule has 20 heavy (non-hydrogen) atoms. The van der Waals surface area contributed by atoms with Crippen molar-refractivity contribution >= 4 is 27.6 Å². The van der Waals surface area contributed by atoms with Crippen LogP contribution in [0.3, 0.4) is 0 Å². The van der Waals surface area contributed by atoms with Crippen LogP contribution in [0.2, 0.25) is 0 Å². The van der Waals surface area contributed by atoms with Crippen LogP contribution in [0.1, 0.15) is 23.3 Å². The second kappa shape index (κ2) is 5.71. The lowest BCUT2D eigenvalue weighted by atomic mass is 10.1. The molecular formula is C15H16N2O2S. The zero-order valence-corrected chi connectivity index (χ0v) is 11.9. The minimum absolute atomic E-state index is 0.119. The fraction of sp³-hybridized carbons (Fsp3) is 0.333. The molecule has 0 atom stereocenters. The van der Waals surface area contributed by atoms with Gasteiger partial charge in [0.2, 0.25) is 0 Å². The van der Waals surface area contributed by atoms with Crippen LogP contribution in [0.5, 0.6) is 0 Å². The molecule has 1 aliphatic heterocycles. The number of rotatable bonds is 2. The fourth-order valence-electron chi connectivity index (χ4n) is 2.39. The molecule has 2 aromatic rings. The Morgan fingerprint density at radius 2 is 1.90 bits per heavy atom. The van der Waals surface area contributed by atoms with E-state index in [0.29, 0.717) is 17.2 Å². The number of carbonyl (C=O) groups excluding carboxylic acids is 1. The van der Waals surface area contributed by atoms with Gasteiger partial charge in [-0.2, -0.15) is 0 Å². The van der Waals surface area contributed by atoms with Gasteiger partial charge in [-0.15, -0.1) is 0 Å². The first-order valence-corrected chi connectivity index (χ1v) is 8.23. The molecule has 0 saturated carbocycles. The highest BCUT2D eigenvalue weighted by molar-refractivity contribution is 7.85. The van der Waals surface area contributed by atoms with E-state index < -0.39 is 10.8 Å². The quantitative estimate of drug-likeness (QED) is 0.918. The number of aromatic nitrogens is 1. The van der Waals surface area contributed by atoms with E-state index in [1.807, 2.05) is 30.3 Å². The number of para-hydroxylation sites is 1. The number of hydrogen-bond acceptors (Lipinski definition) is 3. The summed E-state index contributed by atoms with van der Waals surface area (Å²) in [7, 11) is -0.706. The predicted octanol–water partition coefficient (Wildman–Crippen LogP) is 1.88. The van der Waals surface area contributed by atoms with Crippen LogP contribution in [0.4, 0.5) is 0 Å². The van der Waals surface area contributed by atoms with E-state index in [0.717, 1.165) is 23.7 Å². The van der Waals surface area contributed by atoms with Crippen LogP contribution in [0.25, 0.3) is 10.9 Å². The zero-order chi connectivity index (χ0) is 13.9. The van der Waals surface area contributed by atoms with Crippen molar-refractivity contribution in [3.05, 3.63) is 42.1 Å². The molecule has 0 spiro atoms. The molecule has 1 amide bonds. The molecule has 4 nitrogen and oxygen atoms in total. The van der Waals surface area contributed by atoms with Crippen LogP contribution in [-0.4, -0.2) is 32.6 Å². The molecule has 1 aromatic carbocycles. The second-order valence-corrected chi connectivity index (χ2v) is 6.68. The maximum atomic E-state index is 12.2. The molecule has 1 fully saturated rings. The molecule has 104 valence electrons. The molecule has 5 heteroatoms. The summed E-state index contributed by atoms with van der Waals surface area (Å²) in [5.41, 5.74) is 1.26. The van der Waals surface area contributed by atoms with E-state index in [2.05, 4.69) is 10.3 Å². The number of fused-ring (bicyclic) bond motifs is 1. The van der Waals surface area contributed by atoms with Gasteiger partial charge < -0.3 is 5.32 Å². The van der Waals surface area contributed by atoms with Crippen LogP contribution >= 0.6 is 0 Å². The highest BCUT2D eigenvalue weighted by atomic mass is 32.2. The van der Waals surface area contributed by atoms with Crippen LogP contribution < -0.4 is 5.32 Å². The first-order valence-electron chi connectivity index (χ1n) is 6.74. The average molecular weight is 288 g/mol. The van der Waals surface area contributed by atoms with Crippen LogP contribution in [0, 0.1) is 0 Å². The van der Waals surface area contributed by atoms with Crippen molar-refractivity contribution in [3.63, 3.8) is 0 Å². The van der Waals surface area contributed by atoms with Crippen LogP contribution in [0.15, 0.2) is 36.4 Å². The van der Waals surface area contributed by atoms with Crippen molar-refractivity contribution < 1.29 is 9.00 Å². The Labute approximate surface area is 120 Å². The summed E-state index contributed by atoms with van der Waals surface area (Å²) < 4.78 is 11.3. The smallest absolute Gasteiger partial charge is 0.270 e. The minimum Gasteiger partial charge on any atom is -0.348 e. The lowest BCUT2D eigenvalue weighted by Gasteiger charge is -2.22. The summed E-state index contributed by atoms with van der Waals surface area (Å²) in [4.78, 5) is 16.6. The van der Waals surface area contributed by atoms with Crippen molar-refractivity contribution in [3.8, 4) is 0 Å². The maximum absolute atomic E-state index is 12.2. The van der Waals surface area contributed by atoms with E-state index in [-0.39, 0.29) is 11.9 Å². The van der Waals surface area contributed by atoms with Gasteiger partial charge in [-0.3, -0.25) is 9.00 Å². The monoisotopic (exact) mass is 288 g/mol. The van der Waals surface area contributed by atoms with Crippen molar-refractivity contribution in [2.45, 2.75) is 18.9 Å². The number of nitrogens with zero attached hydrogens (tertiary/aromatic N) is 1. The lowest BCUT2D eigenvalue weighted by Crippen LogP contribution is -2.39. The van der Waals surface area contributed by atoms with Gasteiger partial charge in [-0.25, -0.2) is 4.98 Å². The first kappa shape index (κ1) is 13.2. The lowest BCUT2D eigenvalue weighted by molar-refractivity contribution is 0.0930. The molecule has 0 bridgehead atoms. The average Bonchev–Trinajstić information content (AvgIpc) is 2.49. The van der Waals surface area contributed by atoms with Gasteiger partial charge in [-0.1, -0.05) is 24.3 Å². The number of hydrogen-bond donors (Lipinski definition) is 1. The van der Waals surface area contributed by atoms with E-state index in [9.17, 15) is 9.00 Å². The third-order valence-corrected chi connectivity index (χ3v) is 4.94. The van der Waals surface area contributed by atoms with Gasteiger partial charge in [-0.05, 0) is 25.0 Å². The Morgan fingerprint density at radius 3 is 2.70 bits per heavy atom. The van der Waals surface area contributed by atoms with Gasteiger partial charge in [0.15, 0.2) is 0 Å². The number of carbonyl (C=O) groups is 1. The van der Waals surface area contributed by atoms with Gasteiger partial charge >= 0.3 is 0 Å². The van der Waals surface area contributed by atoms with Crippen molar-refractivity contribution in [1.82, 2.24) is 10.3 Å². The van der Waals surface area contributed by atoms with Crippen molar-refractivity contribution in [2.75, 3.05) is 11.5 Å². The summed E-state index contributed by atoms with van der Waals surface area (Å²) in [5.74, 6) is 1.21. The number of amides is 1. The molecular weight excluding hydrogens is 272 g/mol. The van der Waals surface area contributed by atoms with Gasteiger partial charge in [0.1, 0.15) is 5.69 Å². The third-order valence-electron chi connectivity index (χ3n) is 3.55. The summed E-state index contributed by atoms with van der Waals surface area (Å²) in [5, 5.41) is 4.01. The summed E-state index contributed by atoms with van der Waals surface area (Å²) in [6.45, 7) is 0. The number of pyridine rings is 1. The molecule has 1 saturated heterocycles. The van der Waals surface area contributed by atoms with Crippen LogP contribution in [-0.2, 0) is 10.8 Å². The molecule has 2 heterocycles. The SMILES string of the molecule is O=C(NC1CCS(=O)CC1)c1ccc2ccccc2n1. The Balaban J connectivity index is 1.73. The first-order chi connectivity index (χ1) is 9.72. The minimum atomic E-state index is -0.706. The standard InChI is InChI=1S/C15H16N2O2S/c18-15(16-12-7-9-20(19)10-8-12)14-6-5-11-3-1-2-4-13(11)17-14/h1-6,12H,7-10H2,(H,16,18). The largest absolute Gasteiger partial charge is 0.348 e. The fourth-order valence-corrected chi connectivity index (χ4v) is 3.69. The molecule has 3 rings (SSSR count). The molecule has 0 unspecified atom stereocenters. The van der Waals surface area contributed by atoms with E-state index in [4.69, 9.17) is 0 Å². The Kier molecular flexibility index (Phi) is 3.78. The Bertz CT molecular complexity index is 662. The van der Waals surface area contributed by atoms with Gasteiger partial charge in [0.05, 0.1) is 5.52 Å². The number of nitrogens with one attached hydrogen (secondary N) is 1. The third kappa shape index (κ3) is 2.88. The topological polar surface area (TPSA) is 59.1 Å². The summed E-state index contributed by atoms with van der Waals surface area (Å²) in [6.07, 6.45) is 1.57. The maximum Gasteiger partial charge on any atom is 0.270 e. The number of benzene rings is 1. The molecule has 0 aliphatic carbocycles. The normalized spacial score (nSPS) is 22.6. The predicted molar refractivity (Wildman–Crippen MR) is 80.1 cm³/mol. The van der Waals surface area contributed by atoms with Crippen molar-refractivity contribution in [2.24, 2.45) is 0 Å². The summed E-state index contributed by atoms with van der Waals surface area (Å²) in [6, 6.07) is 11.5. The molecule has 1 aliphatic rings. The highest BCUT2D eigenvalue weighted by Gasteiger charge is 2.20. The molecule has 1 aromatic heterocycles. The highest BCUT2D eigenvalue weighted by Crippen LogP contribution is 2.13. The van der Waals surface area contributed by atoms with E-state index in [1.165, 1.54) is 0 Å². The van der Waals surface area contributed by atoms with Crippen molar-refractivity contribution in [1.29, 1.82) is 0 Å². The van der Waals surface area contributed by atoms with E-state index >= 15 is 0 Å². The van der Waals surface area contributed by atoms with Gasteiger partial charge in [0.25, 0.3) is 5.91 Å². The zero-order valence-electron chi connectivity index (χ0n) is 11.0. The Morgan fingerprint density at radius 1 is 1.15 bits per heavy atom. The molecule has 1 N–H and O–H groups in total.